The molecule has 1 atom stereocenters. The second-order valence-corrected chi connectivity index (χ2v) is 13.9. The third-order valence-corrected chi connectivity index (χ3v) is 9.88. The van der Waals surface area contributed by atoms with Gasteiger partial charge in [0.2, 0.25) is 5.91 Å². The summed E-state index contributed by atoms with van der Waals surface area (Å²) in [4.78, 5) is 37.6. The van der Waals surface area contributed by atoms with E-state index in [1.807, 2.05) is 13.8 Å². The van der Waals surface area contributed by atoms with Crippen molar-refractivity contribution in [1.82, 2.24) is 9.13 Å². The molecule has 152 valence electrons. The first-order valence-electron chi connectivity index (χ1n) is 9.31. The third kappa shape index (κ3) is 4.19. The second kappa shape index (κ2) is 7.27. The van der Waals surface area contributed by atoms with Crippen LogP contribution in [0.1, 0.15) is 34.6 Å². The van der Waals surface area contributed by atoms with E-state index in [9.17, 15) is 14.4 Å². The van der Waals surface area contributed by atoms with Crippen molar-refractivity contribution in [3.8, 4) is 0 Å². The highest BCUT2D eigenvalue weighted by Gasteiger charge is 2.39. The lowest BCUT2D eigenvalue weighted by Crippen LogP contribution is -2.52. The number of aromatic nitrogens is 2. The van der Waals surface area contributed by atoms with Crippen molar-refractivity contribution in [3.05, 3.63) is 20.8 Å². The van der Waals surface area contributed by atoms with Crippen molar-refractivity contribution in [1.29, 1.82) is 0 Å². The van der Waals surface area contributed by atoms with E-state index >= 15 is 0 Å². The van der Waals surface area contributed by atoms with E-state index in [-0.39, 0.29) is 29.2 Å². The fourth-order valence-corrected chi connectivity index (χ4v) is 3.65. The first-order chi connectivity index (χ1) is 12.3. The lowest BCUT2D eigenvalue weighted by molar-refractivity contribution is -0.117. The van der Waals surface area contributed by atoms with Gasteiger partial charge in [0, 0.05) is 13.6 Å². The Labute approximate surface area is 161 Å². The SMILES string of the molecule is CC(C)Cn1c2c(c(=O)n(C)c1=O)NC(=O)C(CO[Si](C)(C)C(C)(C)C)N2. The van der Waals surface area contributed by atoms with Gasteiger partial charge in [-0.15, -0.1) is 0 Å². The molecule has 0 spiro atoms. The number of anilines is 2. The fourth-order valence-electron chi connectivity index (χ4n) is 2.63. The average Bonchev–Trinajstić information content (AvgIpc) is 2.54. The van der Waals surface area contributed by atoms with Gasteiger partial charge in [-0.2, -0.15) is 0 Å². The van der Waals surface area contributed by atoms with Crippen LogP contribution in [0.25, 0.3) is 0 Å². The molecule has 2 heterocycles. The number of amides is 1. The molecule has 9 heteroatoms. The van der Waals surface area contributed by atoms with Crippen LogP contribution in [0, 0.1) is 5.92 Å². The maximum absolute atomic E-state index is 12.6. The van der Waals surface area contributed by atoms with Crippen LogP contribution in [-0.4, -0.2) is 36.0 Å². The van der Waals surface area contributed by atoms with Crippen molar-refractivity contribution in [2.75, 3.05) is 17.2 Å². The monoisotopic (exact) mass is 396 g/mol. The largest absolute Gasteiger partial charge is 0.414 e. The van der Waals surface area contributed by atoms with Gasteiger partial charge in [-0.05, 0) is 24.1 Å². The minimum atomic E-state index is -2.03. The summed E-state index contributed by atoms with van der Waals surface area (Å²) in [5.41, 5.74) is -0.800. The smallest absolute Gasteiger partial charge is 0.332 e. The predicted molar refractivity (Wildman–Crippen MR) is 110 cm³/mol. The molecular formula is C18H32N4O4Si. The van der Waals surface area contributed by atoms with Crippen LogP contribution in [0.15, 0.2) is 9.59 Å². The topological polar surface area (TPSA) is 94.4 Å². The van der Waals surface area contributed by atoms with Crippen LogP contribution in [0.3, 0.4) is 0 Å². The highest BCUT2D eigenvalue weighted by Crippen LogP contribution is 2.36. The summed E-state index contributed by atoms with van der Waals surface area (Å²) in [7, 11) is -0.618. The Kier molecular flexibility index (Phi) is 5.77. The molecule has 1 aromatic rings. The highest BCUT2D eigenvalue weighted by atomic mass is 28.4. The van der Waals surface area contributed by atoms with Crippen LogP contribution >= 0.6 is 0 Å². The zero-order chi connectivity index (χ0) is 20.7. The molecule has 27 heavy (non-hydrogen) atoms. The average molecular weight is 397 g/mol. The lowest BCUT2D eigenvalue weighted by Gasteiger charge is -2.38. The van der Waals surface area contributed by atoms with Gasteiger partial charge in [-0.3, -0.25) is 18.7 Å². The maximum Gasteiger partial charge on any atom is 0.332 e. The molecular weight excluding hydrogens is 364 g/mol. The quantitative estimate of drug-likeness (QED) is 0.742. The normalized spacial score (nSPS) is 17.5. The number of carbonyl (C=O) groups excluding carboxylic acids is 1. The maximum atomic E-state index is 12.6. The van der Waals surface area contributed by atoms with Crippen LogP contribution < -0.4 is 21.9 Å². The number of fused-ring (bicyclic) bond motifs is 1. The van der Waals surface area contributed by atoms with Crippen LogP contribution in [0.4, 0.5) is 11.5 Å². The molecule has 2 N–H and O–H groups in total. The predicted octanol–water partition coefficient (Wildman–Crippen LogP) is 1.96. The first-order valence-corrected chi connectivity index (χ1v) is 12.2. The molecule has 0 fully saturated rings. The third-order valence-electron chi connectivity index (χ3n) is 5.38. The van der Waals surface area contributed by atoms with E-state index in [0.29, 0.717) is 12.4 Å². The molecule has 0 saturated heterocycles. The number of hydrogen-bond donors (Lipinski definition) is 2. The van der Waals surface area contributed by atoms with Crippen LogP contribution in [-0.2, 0) is 22.8 Å². The molecule has 1 aliphatic heterocycles. The number of nitrogens with one attached hydrogen (secondary N) is 2. The molecule has 0 bridgehead atoms. The van der Waals surface area contributed by atoms with Gasteiger partial charge >= 0.3 is 5.69 Å². The second-order valence-electron chi connectivity index (χ2n) is 9.13. The van der Waals surface area contributed by atoms with Gasteiger partial charge in [0.15, 0.2) is 8.32 Å². The number of nitrogens with zero attached hydrogens (tertiary/aromatic N) is 2. The Bertz CT molecular complexity index is 849. The van der Waals surface area contributed by atoms with Crippen LogP contribution in [0.5, 0.6) is 0 Å². The summed E-state index contributed by atoms with van der Waals surface area (Å²) in [6, 6.07) is -0.656. The van der Waals surface area contributed by atoms with Gasteiger partial charge < -0.3 is 15.1 Å². The van der Waals surface area contributed by atoms with E-state index in [1.165, 1.54) is 11.6 Å². The summed E-state index contributed by atoms with van der Waals surface area (Å²) < 4.78 is 8.71. The van der Waals surface area contributed by atoms with E-state index in [2.05, 4.69) is 44.5 Å². The molecule has 0 saturated carbocycles. The molecule has 2 rings (SSSR count). The van der Waals surface area contributed by atoms with Crippen LogP contribution in [0.2, 0.25) is 18.1 Å². The number of hydrogen-bond acceptors (Lipinski definition) is 5. The van der Waals surface area contributed by atoms with E-state index in [1.54, 1.807) is 0 Å². The summed E-state index contributed by atoms with van der Waals surface area (Å²) >= 11 is 0. The van der Waals surface area contributed by atoms with Gasteiger partial charge in [-0.1, -0.05) is 34.6 Å². The Balaban J connectivity index is 2.39. The van der Waals surface area contributed by atoms with E-state index < -0.39 is 25.6 Å². The Morgan fingerprint density at radius 2 is 1.78 bits per heavy atom. The zero-order valence-electron chi connectivity index (χ0n) is 17.6. The molecule has 0 aliphatic carbocycles. The van der Waals surface area contributed by atoms with Gasteiger partial charge in [0.25, 0.3) is 5.56 Å². The van der Waals surface area contributed by atoms with Crippen molar-refractivity contribution in [2.45, 2.75) is 65.3 Å². The molecule has 0 radical (unpaired) electrons. The summed E-state index contributed by atoms with van der Waals surface area (Å²) in [6.07, 6.45) is 0. The Morgan fingerprint density at radius 1 is 1.19 bits per heavy atom. The molecule has 1 amide bonds. The Hall–Kier alpha value is -1.87. The van der Waals surface area contributed by atoms with Crippen molar-refractivity contribution in [3.63, 3.8) is 0 Å². The molecule has 1 aliphatic rings. The van der Waals surface area contributed by atoms with Gasteiger partial charge in [-0.25, -0.2) is 4.79 Å². The summed E-state index contributed by atoms with van der Waals surface area (Å²) in [5.74, 6) is 0.235. The Morgan fingerprint density at radius 3 is 2.30 bits per heavy atom. The minimum Gasteiger partial charge on any atom is -0.414 e. The molecule has 8 nitrogen and oxygen atoms in total. The molecule has 1 aromatic heterocycles. The van der Waals surface area contributed by atoms with Crippen molar-refractivity contribution >= 4 is 25.7 Å². The number of carbonyl (C=O) groups is 1. The summed E-state index contributed by atoms with van der Waals surface area (Å²) in [5, 5.41) is 5.78. The van der Waals surface area contributed by atoms with Gasteiger partial charge in [0.05, 0.1) is 6.61 Å². The molecule has 0 aromatic carbocycles. The number of rotatable bonds is 5. The van der Waals surface area contributed by atoms with Crippen molar-refractivity contribution in [2.24, 2.45) is 13.0 Å². The fraction of sp³-hybridized carbons (Fsp3) is 0.722. The summed E-state index contributed by atoms with van der Waals surface area (Å²) in [6.45, 7) is 15.2. The molecule has 1 unspecified atom stereocenters. The first kappa shape index (κ1) is 21.4. The lowest BCUT2D eigenvalue weighted by atomic mass is 10.2. The standard InChI is InChI=1S/C18H32N4O4Si/c1-11(2)9-22-14-13(16(24)21(6)17(22)25)20-15(23)12(19-14)10-26-27(7,8)18(3,4)5/h11-12,19H,9-10H2,1-8H3,(H,20,23). The zero-order valence-corrected chi connectivity index (χ0v) is 18.6. The van der Waals surface area contributed by atoms with Gasteiger partial charge in [0.1, 0.15) is 17.5 Å². The highest BCUT2D eigenvalue weighted by molar-refractivity contribution is 6.74. The van der Waals surface area contributed by atoms with E-state index in [0.717, 1.165) is 4.57 Å². The van der Waals surface area contributed by atoms with E-state index in [4.69, 9.17) is 4.43 Å². The minimum absolute atomic E-state index is 0.0196. The van der Waals surface area contributed by atoms with Crippen molar-refractivity contribution < 1.29 is 9.22 Å².